The smallest absolute Gasteiger partial charge is 0.355 e. The lowest BCUT2D eigenvalue weighted by Crippen LogP contribution is -2.12. The summed E-state index contributed by atoms with van der Waals surface area (Å²) in [5.74, 6) is -0.654. The zero-order valence-corrected chi connectivity index (χ0v) is 10.3. The predicted octanol–water partition coefficient (Wildman–Crippen LogP) is 2.03. The molecule has 0 bridgehead atoms. The first-order valence-corrected chi connectivity index (χ1v) is 5.61. The highest BCUT2D eigenvalue weighted by atomic mass is 32.1. The van der Waals surface area contributed by atoms with E-state index in [-0.39, 0.29) is 11.6 Å². The van der Waals surface area contributed by atoms with Crippen molar-refractivity contribution in [2.24, 2.45) is 0 Å². The van der Waals surface area contributed by atoms with Crippen LogP contribution < -0.4 is 0 Å². The Balaban J connectivity index is 3.06. The fourth-order valence-corrected chi connectivity index (χ4v) is 2.36. The summed E-state index contributed by atoms with van der Waals surface area (Å²) in [7, 11) is 3.83. The van der Waals surface area contributed by atoms with Gasteiger partial charge in [-0.25, -0.2) is 9.78 Å². The van der Waals surface area contributed by atoms with Gasteiger partial charge in [0.2, 0.25) is 0 Å². The van der Waals surface area contributed by atoms with Gasteiger partial charge in [0.05, 0.1) is 9.88 Å². The number of carbonyl (C=O) groups is 1. The molecule has 0 aliphatic rings. The van der Waals surface area contributed by atoms with Crippen LogP contribution in [-0.4, -0.2) is 35.1 Å². The minimum absolute atomic E-state index is 0.206. The maximum absolute atomic E-state index is 11.0. The Morgan fingerprint density at radius 1 is 1.53 bits per heavy atom. The summed E-state index contributed by atoms with van der Waals surface area (Å²) in [6.45, 7) is 4.67. The first-order chi connectivity index (χ1) is 6.91. The molecule has 0 aromatic carbocycles. The number of carboxylic acid groups (broad SMARTS) is 1. The van der Waals surface area contributed by atoms with Crippen LogP contribution in [0.15, 0.2) is 0 Å². The number of hydrogen-bond donors (Lipinski definition) is 1. The Bertz CT molecular complexity index is 358. The predicted molar refractivity (Wildman–Crippen MR) is 60.6 cm³/mol. The summed E-state index contributed by atoms with van der Waals surface area (Å²) in [5.41, 5.74) is 0.206. The van der Waals surface area contributed by atoms with E-state index < -0.39 is 5.97 Å². The van der Waals surface area contributed by atoms with Crippen molar-refractivity contribution < 1.29 is 9.90 Å². The molecular weight excluding hydrogens is 212 g/mol. The number of aromatic nitrogens is 1. The van der Waals surface area contributed by atoms with Crippen LogP contribution >= 0.6 is 11.3 Å². The van der Waals surface area contributed by atoms with Crippen LogP contribution in [0.2, 0.25) is 0 Å². The largest absolute Gasteiger partial charge is 0.476 e. The second-order valence-electron chi connectivity index (χ2n) is 4.02. The second kappa shape index (κ2) is 4.72. The van der Waals surface area contributed by atoms with Gasteiger partial charge in [0.1, 0.15) is 0 Å². The monoisotopic (exact) mass is 228 g/mol. The Hall–Kier alpha value is -0.940. The molecule has 0 aliphatic heterocycles. The molecule has 0 fully saturated rings. The van der Waals surface area contributed by atoms with Crippen LogP contribution in [0.3, 0.4) is 0 Å². The molecule has 0 saturated heterocycles. The number of thiazole rings is 1. The van der Waals surface area contributed by atoms with Crippen molar-refractivity contribution in [2.45, 2.75) is 26.3 Å². The van der Waals surface area contributed by atoms with E-state index in [1.165, 1.54) is 11.3 Å². The van der Waals surface area contributed by atoms with Gasteiger partial charge >= 0.3 is 5.97 Å². The van der Waals surface area contributed by atoms with Crippen molar-refractivity contribution in [3.8, 4) is 0 Å². The Morgan fingerprint density at radius 3 is 2.53 bits per heavy atom. The van der Waals surface area contributed by atoms with E-state index in [0.717, 1.165) is 9.88 Å². The molecule has 1 rings (SSSR count). The molecule has 1 heterocycles. The molecule has 0 spiro atoms. The molecule has 84 valence electrons. The van der Waals surface area contributed by atoms with Gasteiger partial charge in [-0.1, -0.05) is 13.8 Å². The summed E-state index contributed by atoms with van der Waals surface area (Å²) in [5, 5.41) is 9.89. The molecule has 0 saturated carbocycles. The average molecular weight is 228 g/mol. The van der Waals surface area contributed by atoms with Gasteiger partial charge < -0.3 is 10.0 Å². The zero-order chi connectivity index (χ0) is 11.6. The molecule has 1 aromatic heterocycles. The van der Waals surface area contributed by atoms with Crippen molar-refractivity contribution in [2.75, 3.05) is 14.1 Å². The Morgan fingerprint density at radius 2 is 2.13 bits per heavy atom. The molecule has 0 aliphatic carbocycles. The van der Waals surface area contributed by atoms with Crippen LogP contribution in [0.25, 0.3) is 0 Å². The third kappa shape index (κ3) is 3.00. The summed E-state index contributed by atoms with van der Waals surface area (Å²) in [4.78, 5) is 17.9. The normalized spacial score (nSPS) is 11.3. The first kappa shape index (κ1) is 12.1. The van der Waals surface area contributed by atoms with Gasteiger partial charge in [-0.3, -0.25) is 0 Å². The highest BCUT2D eigenvalue weighted by Crippen LogP contribution is 2.25. The lowest BCUT2D eigenvalue weighted by molar-refractivity contribution is 0.0689. The van der Waals surface area contributed by atoms with Crippen molar-refractivity contribution in [3.63, 3.8) is 0 Å². The number of hydrogen-bond acceptors (Lipinski definition) is 4. The highest BCUT2D eigenvalue weighted by molar-refractivity contribution is 7.12. The topological polar surface area (TPSA) is 53.4 Å². The Labute approximate surface area is 93.6 Å². The first-order valence-electron chi connectivity index (χ1n) is 4.79. The maximum Gasteiger partial charge on any atom is 0.355 e. The molecule has 0 amide bonds. The molecule has 5 heteroatoms. The standard InChI is InChI=1S/C10H16N2O2S/c1-6(2)9-11-8(10(13)14)7(15-9)5-12(3)4/h6H,5H2,1-4H3,(H,13,14). The number of rotatable bonds is 4. The highest BCUT2D eigenvalue weighted by Gasteiger charge is 2.18. The molecular formula is C10H16N2O2S. The van der Waals surface area contributed by atoms with Gasteiger partial charge in [0, 0.05) is 12.5 Å². The fraction of sp³-hybridized carbons (Fsp3) is 0.600. The number of aromatic carboxylic acids is 1. The molecule has 0 atom stereocenters. The summed E-state index contributed by atoms with van der Waals surface area (Å²) in [6, 6.07) is 0. The van der Waals surface area contributed by atoms with E-state index in [1.54, 1.807) is 0 Å². The van der Waals surface area contributed by atoms with E-state index in [4.69, 9.17) is 5.11 Å². The van der Waals surface area contributed by atoms with Crippen LogP contribution in [0.4, 0.5) is 0 Å². The lowest BCUT2D eigenvalue weighted by atomic mass is 10.2. The quantitative estimate of drug-likeness (QED) is 0.856. The van der Waals surface area contributed by atoms with E-state index in [9.17, 15) is 4.79 Å². The number of nitrogens with zero attached hydrogens (tertiary/aromatic N) is 2. The lowest BCUT2D eigenvalue weighted by Gasteiger charge is -2.07. The second-order valence-corrected chi connectivity index (χ2v) is 5.14. The van der Waals surface area contributed by atoms with E-state index in [2.05, 4.69) is 4.98 Å². The summed E-state index contributed by atoms with van der Waals surface area (Å²) < 4.78 is 0. The van der Waals surface area contributed by atoms with Gasteiger partial charge in [-0.05, 0) is 14.1 Å². The SMILES string of the molecule is CC(C)c1nc(C(=O)O)c(CN(C)C)s1. The van der Waals surface area contributed by atoms with Gasteiger partial charge in [0.15, 0.2) is 5.69 Å². The number of carboxylic acids is 1. The maximum atomic E-state index is 11.0. The van der Waals surface area contributed by atoms with Gasteiger partial charge in [0.25, 0.3) is 0 Å². The molecule has 15 heavy (non-hydrogen) atoms. The van der Waals surface area contributed by atoms with Gasteiger partial charge in [-0.2, -0.15) is 0 Å². The van der Waals surface area contributed by atoms with Gasteiger partial charge in [-0.15, -0.1) is 11.3 Å². The van der Waals surface area contributed by atoms with Crippen molar-refractivity contribution >= 4 is 17.3 Å². The fourth-order valence-electron chi connectivity index (χ4n) is 1.18. The van der Waals surface area contributed by atoms with Crippen molar-refractivity contribution in [1.29, 1.82) is 0 Å². The van der Waals surface area contributed by atoms with E-state index in [0.29, 0.717) is 6.54 Å². The minimum Gasteiger partial charge on any atom is -0.476 e. The van der Waals surface area contributed by atoms with Crippen molar-refractivity contribution in [1.82, 2.24) is 9.88 Å². The average Bonchev–Trinajstić information content (AvgIpc) is 2.46. The molecule has 1 N–H and O–H groups in total. The van der Waals surface area contributed by atoms with E-state index >= 15 is 0 Å². The third-order valence-corrected chi connectivity index (χ3v) is 3.21. The minimum atomic E-state index is -0.935. The third-order valence-electron chi connectivity index (χ3n) is 1.87. The van der Waals surface area contributed by atoms with Crippen molar-refractivity contribution in [3.05, 3.63) is 15.6 Å². The molecule has 0 unspecified atom stereocenters. The molecule has 1 aromatic rings. The summed E-state index contributed by atoms with van der Waals surface area (Å²) >= 11 is 1.49. The van der Waals surface area contributed by atoms with Crippen LogP contribution in [0.5, 0.6) is 0 Å². The Kier molecular flexibility index (Phi) is 3.82. The summed E-state index contributed by atoms with van der Waals surface area (Å²) in [6.07, 6.45) is 0. The van der Waals surface area contributed by atoms with Crippen LogP contribution in [0.1, 0.15) is 40.1 Å². The van der Waals surface area contributed by atoms with Crippen LogP contribution in [0, 0.1) is 0 Å². The van der Waals surface area contributed by atoms with E-state index in [1.807, 2.05) is 32.8 Å². The molecule has 0 radical (unpaired) electrons. The van der Waals surface area contributed by atoms with Crippen LogP contribution in [-0.2, 0) is 6.54 Å². The zero-order valence-electron chi connectivity index (χ0n) is 9.44. The molecule has 4 nitrogen and oxygen atoms in total.